The fourth-order valence-corrected chi connectivity index (χ4v) is 2.80. The first-order valence-electron chi connectivity index (χ1n) is 5.72. The Bertz CT molecular complexity index is 500. The van der Waals surface area contributed by atoms with E-state index in [9.17, 15) is 0 Å². The molecule has 3 heteroatoms. The molecular weight excluding hydrogens is 313 g/mol. The lowest BCUT2D eigenvalue weighted by atomic mass is 9.95. The van der Waals surface area contributed by atoms with Crippen molar-refractivity contribution in [2.24, 2.45) is 0 Å². The van der Waals surface area contributed by atoms with Crippen LogP contribution in [0.2, 0.25) is 0 Å². The van der Waals surface area contributed by atoms with Crippen molar-refractivity contribution in [1.29, 1.82) is 0 Å². The van der Waals surface area contributed by atoms with Crippen molar-refractivity contribution in [1.82, 2.24) is 5.32 Å². The Balaban J connectivity index is 1.97. The first kappa shape index (κ1) is 10.6. The van der Waals surface area contributed by atoms with Gasteiger partial charge in [0.25, 0.3) is 0 Å². The molecule has 2 aromatic rings. The largest absolute Gasteiger partial charge is 0.461 e. The minimum Gasteiger partial charge on any atom is -0.461 e. The summed E-state index contributed by atoms with van der Waals surface area (Å²) in [5, 5.41) is 4.61. The molecule has 2 nitrogen and oxygen atoms in total. The number of nitrogens with one attached hydrogen (secondary N) is 1. The summed E-state index contributed by atoms with van der Waals surface area (Å²) in [5.41, 5.74) is 1.03. The number of hydrogen-bond donors (Lipinski definition) is 1. The highest BCUT2D eigenvalue weighted by molar-refractivity contribution is 14.1. The molecule has 1 N–H and O–H groups in total. The van der Waals surface area contributed by atoms with Crippen LogP contribution in [0.5, 0.6) is 0 Å². The maximum absolute atomic E-state index is 5.96. The van der Waals surface area contributed by atoms with Crippen molar-refractivity contribution in [3.8, 4) is 0 Å². The van der Waals surface area contributed by atoms with E-state index in [1.54, 1.807) is 0 Å². The maximum atomic E-state index is 5.96. The third-order valence-corrected chi connectivity index (χ3v) is 3.91. The summed E-state index contributed by atoms with van der Waals surface area (Å²) in [6.45, 7) is 2.22. The van der Waals surface area contributed by atoms with Crippen molar-refractivity contribution >= 4 is 33.6 Å². The van der Waals surface area contributed by atoms with Gasteiger partial charge in [-0.05, 0) is 66.7 Å². The molecule has 0 amide bonds. The number of hydrogen-bond acceptors (Lipinski definition) is 2. The van der Waals surface area contributed by atoms with Gasteiger partial charge in [-0.15, -0.1) is 0 Å². The van der Waals surface area contributed by atoms with Crippen LogP contribution in [0.15, 0.2) is 28.7 Å². The molecule has 0 spiro atoms. The molecule has 0 bridgehead atoms. The molecule has 0 unspecified atom stereocenters. The van der Waals surface area contributed by atoms with Gasteiger partial charge in [-0.2, -0.15) is 0 Å². The third-order valence-electron chi connectivity index (χ3n) is 3.24. The fourth-order valence-electron chi connectivity index (χ4n) is 2.33. The number of fused-ring (bicyclic) bond motifs is 1. The van der Waals surface area contributed by atoms with Crippen LogP contribution < -0.4 is 5.32 Å². The van der Waals surface area contributed by atoms with Crippen LogP contribution in [0.1, 0.15) is 24.5 Å². The summed E-state index contributed by atoms with van der Waals surface area (Å²) in [5.74, 6) is 1.77. The molecule has 3 rings (SSSR count). The van der Waals surface area contributed by atoms with Gasteiger partial charge < -0.3 is 9.73 Å². The summed E-state index contributed by atoms with van der Waals surface area (Å²) in [6, 6.07) is 8.59. The van der Waals surface area contributed by atoms with Crippen LogP contribution in [0.3, 0.4) is 0 Å². The molecule has 1 saturated heterocycles. The second kappa shape index (κ2) is 4.37. The highest BCUT2D eigenvalue weighted by atomic mass is 127. The van der Waals surface area contributed by atoms with E-state index in [2.05, 4.69) is 52.2 Å². The Hall–Kier alpha value is -0.550. The number of furan rings is 1. The Kier molecular flexibility index (Phi) is 2.90. The van der Waals surface area contributed by atoms with E-state index in [1.807, 2.05) is 0 Å². The zero-order chi connectivity index (χ0) is 11.0. The molecule has 1 aromatic carbocycles. The monoisotopic (exact) mass is 327 g/mol. The highest BCUT2D eigenvalue weighted by Crippen LogP contribution is 2.31. The van der Waals surface area contributed by atoms with Crippen molar-refractivity contribution in [2.75, 3.05) is 13.1 Å². The van der Waals surface area contributed by atoms with Crippen molar-refractivity contribution in [3.63, 3.8) is 0 Å². The molecule has 1 aromatic heterocycles. The number of rotatable bonds is 1. The Morgan fingerprint density at radius 2 is 2.00 bits per heavy atom. The van der Waals surface area contributed by atoms with E-state index in [1.165, 1.54) is 27.6 Å². The molecule has 0 aliphatic carbocycles. The van der Waals surface area contributed by atoms with Gasteiger partial charge in [0.15, 0.2) is 0 Å². The molecule has 0 atom stereocenters. The molecule has 0 saturated carbocycles. The van der Waals surface area contributed by atoms with Crippen LogP contribution in [0.25, 0.3) is 11.0 Å². The van der Waals surface area contributed by atoms with E-state index in [0.29, 0.717) is 5.92 Å². The van der Waals surface area contributed by atoms with Gasteiger partial charge in [0, 0.05) is 14.9 Å². The zero-order valence-corrected chi connectivity index (χ0v) is 11.2. The fraction of sp³-hybridized carbons (Fsp3) is 0.385. The van der Waals surface area contributed by atoms with E-state index in [4.69, 9.17) is 4.42 Å². The van der Waals surface area contributed by atoms with Gasteiger partial charge in [0.2, 0.25) is 0 Å². The summed E-state index contributed by atoms with van der Waals surface area (Å²) in [7, 11) is 0. The average Bonchev–Trinajstić information content (AvgIpc) is 2.73. The molecular formula is C13H14INO. The minimum atomic E-state index is 0.603. The van der Waals surface area contributed by atoms with Gasteiger partial charge in [-0.25, -0.2) is 0 Å². The van der Waals surface area contributed by atoms with Crippen LogP contribution in [-0.4, -0.2) is 13.1 Å². The first-order chi connectivity index (χ1) is 7.83. The Labute approximate surface area is 109 Å². The van der Waals surface area contributed by atoms with Gasteiger partial charge in [-0.3, -0.25) is 0 Å². The summed E-state index contributed by atoms with van der Waals surface area (Å²) < 4.78 is 7.19. The SMILES string of the molecule is Ic1ccc2cc(C3CCNCC3)oc2c1. The molecule has 2 heterocycles. The van der Waals surface area contributed by atoms with E-state index < -0.39 is 0 Å². The average molecular weight is 327 g/mol. The Morgan fingerprint density at radius 1 is 1.19 bits per heavy atom. The smallest absolute Gasteiger partial charge is 0.135 e. The van der Waals surface area contributed by atoms with Crippen LogP contribution >= 0.6 is 22.6 Å². The quantitative estimate of drug-likeness (QED) is 0.811. The Morgan fingerprint density at radius 3 is 2.81 bits per heavy atom. The van der Waals surface area contributed by atoms with Crippen LogP contribution in [0.4, 0.5) is 0 Å². The second-order valence-electron chi connectivity index (χ2n) is 4.36. The normalized spacial score (nSPS) is 18.1. The van der Waals surface area contributed by atoms with Crippen LogP contribution in [-0.2, 0) is 0 Å². The topological polar surface area (TPSA) is 25.2 Å². The van der Waals surface area contributed by atoms with Gasteiger partial charge >= 0.3 is 0 Å². The molecule has 84 valence electrons. The lowest BCUT2D eigenvalue weighted by molar-refractivity contribution is 0.397. The number of piperidine rings is 1. The highest BCUT2D eigenvalue weighted by Gasteiger charge is 2.18. The molecule has 1 fully saturated rings. The first-order valence-corrected chi connectivity index (χ1v) is 6.80. The molecule has 0 radical (unpaired) electrons. The summed E-state index contributed by atoms with van der Waals surface area (Å²) in [4.78, 5) is 0. The predicted molar refractivity (Wildman–Crippen MR) is 73.8 cm³/mol. The summed E-state index contributed by atoms with van der Waals surface area (Å²) in [6.07, 6.45) is 2.38. The lowest BCUT2D eigenvalue weighted by Gasteiger charge is -2.20. The second-order valence-corrected chi connectivity index (χ2v) is 5.60. The van der Waals surface area contributed by atoms with Crippen LogP contribution in [0, 0.1) is 3.57 Å². The maximum Gasteiger partial charge on any atom is 0.135 e. The minimum absolute atomic E-state index is 0.603. The third kappa shape index (κ3) is 1.98. The van der Waals surface area contributed by atoms with Gasteiger partial charge in [-0.1, -0.05) is 6.07 Å². The van der Waals surface area contributed by atoms with Gasteiger partial charge in [0.1, 0.15) is 11.3 Å². The van der Waals surface area contributed by atoms with Crippen molar-refractivity contribution < 1.29 is 4.42 Å². The number of halogens is 1. The molecule has 16 heavy (non-hydrogen) atoms. The van der Waals surface area contributed by atoms with Gasteiger partial charge in [0.05, 0.1) is 0 Å². The molecule has 1 aliphatic heterocycles. The predicted octanol–water partition coefficient (Wildman–Crippen LogP) is 3.50. The van der Waals surface area contributed by atoms with Crippen molar-refractivity contribution in [3.05, 3.63) is 33.6 Å². The molecule has 1 aliphatic rings. The van der Waals surface area contributed by atoms with E-state index >= 15 is 0 Å². The van der Waals surface area contributed by atoms with E-state index in [-0.39, 0.29) is 0 Å². The number of benzene rings is 1. The van der Waals surface area contributed by atoms with E-state index in [0.717, 1.165) is 18.7 Å². The standard InChI is InChI=1S/C13H14INO/c14-11-2-1-10-7-12(16-13(10)8-11)9-3-5-15-6-4-9/h1-2,7-9,15H,3-6H2. The zero-order valence-electron chi connectivity index (χ0n) is 9.00. The van der Waals surface area contributed by atoms with Crippen molar-refractivity contribution in [2.45, 2.75) is 18.8 Å². The summed E-state index contributed by atoms with van der Waals surface area (Å²) >= 11 is 2.32. The lowest BCUT2D eigenvalue weighted by Crippen LogP contribution is -2.26.